The summed E-state index contributed by atoms with van der Waals surface area (Å²) in [6, 6.07) is 1.69. The molecule has 84 valence electrons. The van der Waals surface area contributed by atoms with Gasteiger partial charge < -0.3 is 0 Å². The lowest BCUT2D eigenvalue weighted by Gasteiger charge is -2.24. The van der Waals surface area contributed by atoms with E-state index in [1.807, 2.05) is 0 Å². The Kier molecular flexibility index (Phi) is 4.28. The molecule has 0 spiro atoms. The molecule has 0 saturated carbocycles. The van der Waals surface area contributed by atoms with E-state index in [4.69, 9.17) is 34.8 Å². The molecule has 0 amide bonds. The predicted molar refractivity (Wildman–Crippen MR) is 67.1 cm³/mol. The molecular weight excluding hydrogens is 252 g/mol. The van der Waals surface area contributed by atoms with Gasteiger partial charge in [0.1, 0.15) is 0 Å². The highest BCUT2D eigenvalue weighted by Crippen LogP contribution is 2.29. The molecule has 1 unspecified atom stereocenters. The Morgan fingerprint density at radius 1 is 1.33 bits per heavy atom. The maximum absolute atomic E-state index is 6.27. The minimum Gasteiger partial charge on any atom is -0.258 e. The SMILES string of the molecule is CC(C)(C)C(Cl)Cc1ncc(Cl)cc1Cl. The van der Waals surface area contributed by atoms with E-state index in [9.17, 15) is 0 Å². The molecule has 0 aliphatic carbocycles. The Labute approximate surface area is 106 Å². The van der Waals surface area contributed by atoms with Crippen molar-refractivity contribution in [1.29, 1.82) is 0 Å². The highest BCUT2D eigenvalue weighted by atomic mass is 35.5. The van der Waals surface area contributed by atoms with Crippen LogP contribution in [0.5, 0.6) is 0 Å². The van der Waals surface area contributed by atoms with Gasteiger partial charge in [-0.2, -0.15) is 0 Å². The van der Waals surface area contributed by atoms with Crippen LogP contribution in [0.15, 0.2) is 12.3 Å². The lowest BCUT2D eigenvalue weighted by Crippen LogP contribution is -2.23. The van der Waals surface area contributed by atoms with Crippen molar-refractivity contribution in [3.05, 3.63) is 28.0 Å². The smallest absolute Gasteiger partial charge is 0.0636 e. The lowest BCUT2D eigenvalue weighted by molar-refractivity contribution is 0.385. The molecule has 0 bridgehead atoms. The van der Waals surface area contributed by atoms with Crippen LogP contribution >= 0.6 is 34.8 Å². The van der Waals surface area contributed by atoms with E-state index in [1.54, 1.807) is 12.3 Å². The van der Waals surface area contributed by atoms with Gasteiger partial charge in [-0.15, -0.1) is 11.6 Å². The number of aromatic nitrogens is 1. The first-order chi connectivity index (χ1) is 6.80. The van der Waals surface area contributed by atoms with Crippen LogP contribution in [0, 0.1) is 5.41 Å². The van der Waals surface area contributed by atoms with Crippen molar-refractivity contribution in [2.24, 2.45) is 5.41 Å². The van der Waals surface area contributed by atoms with E-state index in [-0.39, 0.29) is 10.8 Å². The van der Waals surface area contributed by atoms with E-state index in [0.29, 0.717) is 16.5 Å². The van der Waals surface area contributed by atoms with Crippen molar-refractivity contribution in [2.45, 2.75) is 32.6 Å². The quantitative estimate of drug-likeness (QED) is 0.714. The number of hydrogen-bond acceptors (Lipinski definition) is 1. The van der Waals surface area contributed by atoms with Crippen LogP contribution in [-0.4, -0.2) is 10.4 Å². The standard InChI is InChI=1S/C11H14Cl3N/c1-11(2,3)10(14)5-9-8(13)4-7(12)6-15-9/h4,6,10H,5H2,1-3H3. The molecule has 1 atom stereocenters. The Morgan fingerprint density at radius 2 is 1.93 bits per heavy atom. The summed E-state index contributed by atoms with van der Waals surface area (Å²) in [5.74, 6) is 0. The summed E-state index contributed by atoms with van der Waals surface area (Å²) in [5, 5.41) is 1.13. The maximum Gasteiger partial charge on any atom is 0.0636 e. The summed E-state index contributed by atoms with van der Waals surface area (Å²) in [4.78, 5) is 4.18. The summed E-state index contributed by atoms with van der Waals surface area (Å²) in [7, 11) is 0. The van der Waals surface area contributed by atoms with Crippen LogP contribution in [0.3, 0.4) is 0 Å². The zero-order valence-corrected chi connectivity index (χ0v) is 11.3. The molecule has 0 radical (unpaired) electrons. The molecule has 0 N–H and O–H groups in total. The minimum absolute atomic E-state index is 0.00340. The molecule has 0 saturated heterocycles. The van der Waals surface area contributed by atoms with Gasteiger partial charge in [0, 0.05) is 18.0 Å². The Morgan fingerprint density at radius 3 is 2.40 bits per heavy atom. The summed E-state index contributed by atoms with van der Waals surface area (Å²) in [6.07, 6.45) is 2.25. The monoisotopic (exact) mass is 265 g/mol. The van der Waals surface area contributed by atoms with Crippen molar-refractivity contribution in [1.82, 2.24) is 4.98 Å². The van der Waals surface area contributed by atoms with E-state index in [1.165, 1.54) is 0 Å². The Bertz CT molecular complexity index is 344. The zero-order valence-electron chi connectivity index (χ0n) is 9.02. The third-order valence-electron chi connectivity index (χ3n) is 2.20. The molecule has 1 rings (SSSR count). The zero-order chi connectivity index (χ0) is 11.6. The van der Waals surface area contributed by atoms with Crippen molar-refractivity contribution in [3.8, 4) is 0 Å². The fourth-order valence-electron chi connectivity index (χ4n) is 1.07. The number of pyridine rings is 1. The van der Waals surface area contributed by atoms with Crippen LogP contribution < -0.4 is 0 Å². The van der Waals surface area contributed by atoms with Gasteiger partial charge in [0.25, 0.3) is 0 Å². The van der Waals surface area contributed by atoms with E-state index in [0.717, 1.165) is 5.69 Å². The molecular formula is C11H14Cl3N. The third kappa shape index (κ3) is 3.82. The van der Waals surface area contributed by atoms with E-state index < -0.39 is 0 Å². The van der Waals surface area contributed by atoms with Crippen LogP contribution in [0.1, 0.15) is 26.5 Å². The van der Waals surface area contributed by atoms with Crippen molar-refractivity contribution in [3.63, 3.8) is 0 Å². The van der Waals surface area contributed by atoms with E-state index >= 15 is 0 Å². The number of hydrogen-bond donors (Lipinski definition) is 0. The minimum atomic E-state index is 0.00340. The number of rotatable bonds is 2. The number of nitrogens with zero attached hydrogens (tertiary/aromatic N) is 1. The molecule has 1 heterocycles. The topological polar surface area (TPSA) is 12.9 Å². The highest BCUT2D eigenvalue weighted by molar-refractivity contribution is 6.34. The van der Waals surface area contributed by atoms with Crippen LogP contribution in [-0.2, 0) is 6.42 Å². The molecule has 1 aromatic rings. The first-order valence-electron chi connectivity index (χ1n) is 4.74. The average molecular weight is 267 g/mol. The molecule has 0 aliphatic rings. The van der Waals surface area contributed by atoms with Crippen LogP contribution in [0.4, 0.5) is 0 Å². The molecule has 4 heteroatoms. The maximum atomic E-state index is 6.27. The Balaban J connectivity index is 2.82. The second kappa shape index (κ2) is 4.90. The molecule has 1 aromatic heterocycles. The lowest BCUT2D eigenvalue weighted by atomic mass is 9.89. The van der Waals surface area contributed by atoms with Gasteiger partial charge in [0.05, 0.1) is 15.7 Å². The van der Waals surface area contributed by atoms with Gasteiger partial charge >= 0.3 is 0 Å². The second-order valence-corrected chi connectivity index (χ2v) is 5.99. The molecule has 0 fully saturated rings. The summed E-state index contributed by atoms with van der Waals surface area (Å²) < 4.78 is 0. The predicted octanol–water partition coefficient (Wildman–Crippen LogP) is 4.58. The Hall–Kier alpha value is 0.0200. The summed E-state index contributed by atoms with van der Waals surface area (Å²) >= 11 is 18.1. The first kappa shape index (κ1) is 13.1. The number of alkyl halides is 1. The second-order valence-electron chi connectivity index (χ2n) is 4.62. The normalized spacial score (nSPS) is 14.0. The van der Waals surface area contributed by atoms with Gasteiger partial charge in [-0.05, 0) is 11.5 Å². The van der Waals surface area contributed by atoms with Gasteiger partial charge in [-0.25, -0.2) is 0 Å². The molecule has 1 nitrogen and oxygen atoms in total. The summed E-state index contributed by atoms with van der Waals surface area (Å²) in [6.45, 7) is 6.28. The van der Waals surface area contributed by atoms with Gasteiger partial charge in [0.15, 0.2) is 0 Å². The van der Waals surface area contributed by atoms with Crippen molar-refractivity contribution < 1.29 is 0 Å². The van der Waals surface area contributed by atoms with Gasteiger partial charge in [0.2, 0.25) is 0 Å². The highest BCUT2D eigenvalue weighted by Gasteiger charge is 2.23. The van der Waals surface area contributed by atoms with Crippen LogP contribution in [0.25, 0.3) is 0 Å². The fraction of sp³-hybridized carbons (Fsp3) is 0.545. The van der Waals surface area contributed by atoms with Gasteiger partial charge in [-0.3, -0.25) is 4.98 Å². The third-order valence-corrected chi connectivity index (χ3v) is 3.54. The van der Waals surface area contributed by atoms with Crippen molar-refractivity contribution in [2.75, 3.05) is 0 Å². The largest absolute Gasteiger partial charge is 0.258 e. The molecule has 15 heavy (non-hydrogen) atoms. The van der Waals surface area contributed by atoms with E-state index in [2.05, 4.69) is 25.8 Å². The molecule has 0 aliphatic heterocycles. The average Bonchev–Trinajstić information content (AvgIpc) is 2.08. The van der Waals surface area contributed by atoms with Crippen LogP contribution in [0.2, 0.25) is 10.0 Å². The first-order valence-corrected chi connectivity index (χ1v) is 5.94. The molecule has 0 aromatic carbocycles. The van der Waals surface area contributed by atoms with Gasteiger partial charge in [-0.1, -0.05) is 44.0 Å². The number of halogens is 3. The van der Waals surface area contributed by atoms with Crippen molar-refractivity contribution >= 4 is 34.8 Å². The summed E-state index contributed by atoms with van der Waals surface area (Å²) in [5.41, 5.74) is 0.836. The fourth-order valence-corrected chi connectivity index (χ4v) is 1.67.